The molecule has 0 atom stereocenters. The summed E-state index contributed by atoms with van der Waals surface area (Å²) >= 11 is 0. The van der Waals surface area contributed by atoms with Crippen molar-refractivity contribution in [2.24, 2.45) is 11.3 Å². The first-order valence-corrected chi connectivity index (χ1v) is 4.42. The summed E-state index contributed by atoms with van der Waals surface area (Å²) in [5.41, 5.74) is 1.45. The van der Waals surface area contributed by atoms with Gasteiger partial charge in [-0.25, -0.2) is 0 Å². The molecule has 0 aromatic rings. The standard InChI is InChI=1S/C12H20/c1-7-9-11(8-2)12(5,6)10(3)4/h7-10H,1-2H2,3-6H3/b11-9+. The maximum atomic E-state index is 3.81. The summed E-state index contributed by atoms with van der Waals surface area (Å²) in [6.07, 6.45) is 5.77. The maximum Gasteiger partial charge on any atom is -0.00808 e. The van der Waals surface area contributed by atoms with Crippen LogP contribution in [0.4, 0.5) is 0 Å². The zero-order chi connectivity index (χ0) is 9.78. The molecule has 0 bridgehead atoms. The molecule has 0 nitrogen and oxygen atoms in total. The predicted octanol–water partition coefficient (Wildman–Crippen LogP) is 3.97. The fraction of sp³-hybridized carbons (Fsp3) is 0.500. The molecule has 0 amide bonds. The van der Waals surface area contributed by atoms with Gasteiger partial charge in [-0.15, -0.1) is 0 Å². The Morgan fingerprint density at radius 2 is 1.75 bits per heavy atom. The SMILES string of the molecule is C=C/C=C(\C=C)C(C)(C)C(C)C. The first-order valence-electron chi connectivity index (χ1n) is 4.42. The average Bonchev–Trinajstić information content (AvgIpc) is 1.99. The van der Waals surface area contributed by atoms with Crippen LogP contribution in [0.2, 0.25) is 0 Å². The number of rotatable bonds is 4. The normalized spacial score (nSPS) is 13.2. The largest absolute Gasteiger partial charge is 0.0991 e. The van der Waals surface area contributed by atoms with Gasteiger partial charge in [-0.3, -0.25) is 0 Å². The van der Waals surface area contributed by atoms with Crippen molar-refractivity contribution in [3.8, 4) is 0 Å². The predicted molar refractivity (Wildman–Crippen MR) is 57.1 cm³/mol. The molecule has 0 aliphatic heterocycles. The molecule has 0 unspecified atom stereocenters. The lowest BCUT2D eigenvalue weighted by molar-refractivity contribution is 0.317. The molecule has 0 saturated heterocycles. The van der Waals surface area contributed by atoms with E-state index in [1.807, 2.05) is 18.2 Å². The minimum atomic E-state index is 0.190. The van der Waals surface area contributed by atoms with Crippen LogP contribution >= 0.6 is 0 Å². The highest BCUT2D eigenvalue weighted by atomic mass is 14.3. The lowest BCUT2D eigenvalue weighted by Crippen LogP contribution is -2.20. The van der Waals surface area contributed by atoms with Crippen molar-refractivity contribution >= 4 is 0 Å². The minimum Gasteiger partial charge on any atom is -0.0991 e. The highest BCUT2D eigenvalue weighted by Crippen LogP contribution is 2.34. The van der Waals surface area contributed by atoms with Crippen molar-refractivity contribution in [3.63, 3.8) is 0 Å². The van der Waals surface area contributed by atoms with Gasteiger partial charge >= 0.3 is 0 Å². The van der Waals surface area contributed by atoms with Crippen molar-refractivity contribution < 1.29 is 0 Å². The summed E-state index contributed by atoms with van der Waals surface area (Å²) in [6, 6.07) is 0. The first kappa shape index (κ1) is 11.2. The highest BCUT2D eigenvalue weighted by Gasteiger charge is 2.24. The summed E-state index contributed by atoms with van der Waals surface area (Å²) in [5.74, 6) is 0.613. The Bertz CT molecular complexity index is 192. The Hall–Kier alpha value is -0.780. The van der Waals surface area contributed by atoms with Gasteiger partial charge in [0.05, 0.1) is 0 Å². The smallest absolute Gasteiger partial charge is 0.00808 e. The van der Waals surface area contributed by atoms with Crippen LogP contribution in [0, 0.1) is 11.3 Å². The van der Waals surface area contributed by atoms with E-state index in [1.54, 1.807) is 0 Å². The molecule has 0 saturated carbocycles. The van der Waals surface area contributed by atoms with Gasteiger partial charge in [0.2, 0.25) is 0 Å². The molecule has 68 valence electrons. The zero-order valence-electron chi connectivity index (χ0n) is 8.72. The number of allylic oxidation sites excluding steroid dienone is 4. The van der Waals surface area contributed by atoms with Gasteiger partial charge in [0, 0.05) is 0 Å². The summed E-state index contributed by atoms with van der Waals surface area (Å²) < 4.78 is 0. The van der Waals surface area contributed by atoms with Crippen LogP contribution < -0.4 is 0 Å². The molecule has 0 aliphatic rings. The Balaban J connectivity index is 4.83. The number of hydrogen-bond donors (Lipinski definition) is 0. The third-order valence-corrected chi connectivity index (χ3v) is 2.70. The fourth-order valence-electron chi connectivity index (χ4n) is 1.01. The van der Waals surface area contributed by atoms with Crippen molar-refractivity contribution in [2.75, 3.05) is 0 Å². The van der Waals surface area contributed by atoms with Gasteiger partial charge < -0.3 is 0 Å². The molecule has 0 N–H and O–H groups in total. The quantitative estimate of drug-likeness (QED) is 0.551. The van der Waals surface area contributed by atoms with Crippen LogP contribution in [0.3, 0.4) is 0 Å². The molecule has 0 aliphatic carbocycles. The fourth-order valence-corrected chi connectivity index (χ4v) is 1.01. The van der Waals surface area contributed by atoms with Crippen LogP contribution in [-0.4, -0.2) is 0 Å². The molecule has 0 aromatic carbocycles. The van der Waals surface area contributed by atoms with Crippen LogP contribution in [0.1, 0.15) is 27.7 Å². The van der Waals surface area contributed by atoms with E-state index in [4.69, 9.17) is 0 Å². The highest BCUT2D eigenvalue weighted by molar-refractivity contribution is 5.27. The first-order chi connectivity index (χ1) is 5.46. The van der Waals surface area contributed by atoms with E-state index >= 15 is 0 Å². The summed E-state index contributed by atoms with van der Waals surface area (Å²) in [6.45, 7) is 16.4. The van der Waals surface area contributed by atoms with E-state index in [9.17, 15) is 0 Å². The van der Waals surface area contributed by atoms with Crippen molar-refractivity contribution in [2.45, 2.75) is 27.7 Å². The topological polar surface area (TPSA) is 0 Å². The Kier molecular flexibility index (Phi) is 4.02. The molecule has 0 heterocycles. The zero-order valence-corrected chi connectivity index (χ0v) is 8.72. The maximum absolute atomic E-state index is 3.81. The van der Waals surface area contributed by atoms with Crippen molar-refractivity contribution in [1.82, 2.24) is 0 Å². The van der Waals surface area contributed by atoms with E-state index in [-0.39, 0.29) is 5.41 Å². The van der Waals surface area contributed by atoms with Gasteiger partial charge in [0.25, 0.3) is 0 Å². The molecular formula is C12H20. The molecule has 0 rings (SSSR count). The Morgan fingerprint density at radius 1 is 1.25 bits per heavy atom. The Morgan fingerprint density at radius 3 is 2.00 bits per heavy atom. The van der Waals surface area contributed by atoms with E-state index in [1.165, 1.54) is 5.57 Å². The molecular weight excluding hydrogens is 144 g/mol. The van der Waals surface area contributed by atoms with Gasteiger partial charge in [-0.05, 0) is 16.9 Å². The van der Waals surface area contributed by atoms with E-state index in [2.05, 4.69) is 40.9 Å². The molecule has 12 heavy (non-hydrogen) atoms. The van der Waals surface area contributed by atoms with E-state index in [0.29, 0.717) is 5.92 Å². The van der Waals surface area contributed by atoms with Crippen molar-refractivity contribution in [1.29, 1.82) is 0 Å². The molecule has 0 aromatic heterocycles. The van der Waals surface area contributed by atoms with Gasteiger partial charge in [-0.2, -0.15) is 0 Å². The average molecular weight is 164 g/mol. The van der Waals surface area contributed by atoms with E-state index in [0.717, 1.165) is 0 Å². The lowest BCUT2D eigenvalue weighted by Gasteiger charge is -2.30. The molecule has 0 fully saturated rings. The number of hydrogen-bond acceptors (Lipinski definition) is 0. The molecule has 0 heteroatoms. The van der Waals surface area contributed by atoms with Crippen LogP contribution in [-0.2, 0) is 0 Å². The summed E-state index contributed by atoms with van der Waals surface area (Å²) in [5, 5.41) is 0. The second-order valence-electron chi connectivity index (χ2n) is 3.94. The molecule has 0 spiro atoms. The third-order valence-electron chi connectivity index (χ3n) is 2.70. The second-order valence-corrected chi connectivity index (χ2v) is 3.94. The minimum absolute atomic E-state index is 0.190. The lowest BCUT2D eigenvalue weighted by atomic mass is 9.74. The van der Waals surface area contributed by atoms with Crippen LogP contribution in [0.5, 0.6) is 0 Å². The Labute approximate surface area is 76.7 Å². The summed E-state index contributed by atoms with van der Waals surface area (Å²) in [7, 11) is 0. The van der Waals surface area contributed by atoms with Gasteiger partial charge in [-0.1, -0.05) is 59.1 Å². The summed E-state index contributed by atoms with van der Waals surface area (Å²) in [4.78, 5) is 0. The van der Waals surface area contributed by atoms with Gasteiger partial charge in [0.1, 0.15) is 0 Å². The third kappa shape index (κ3) is 2.37. The second kappa shape index (κ2) is 4.30. The monoisotopic (exact) mass is 164 g/mol. The van der Waals surface area contributed by atoms with Gasteiger partial charge in [0.15, 0.2) is 0 Å². The van der Waals surface area contributed by atoms with Crippen LogP contribution in [0.15, 0.2) is 37.0 Å². The molecule has 0 radical (unpaired) electrons. The van der Waals surface area contributed by atoms with E-state index < -0.39 is 0 Å². The van der Waals surface area contributed by atoms with Crippen molar-refractivity contribution in [3.05, 3.63) is 37.0 Å². The van der Waals surface area contributed by atoms with Crippen LogP contribution in [0.25, 0.3) is 0 Å².